The lowest BCUT2D eigenvalue weighted by Gasteiger charge is -2.24. The Labute approximate surface area is 177 Å². The number of aromatic nitrogens is 1. The minimum atomic E-state index is 0.0368. The summed E-state index contributed by atoms with van der Waals surface area (Å²) in [4.78, 5) is 3.61. The Morgan fingerprint density at radius 3 is 2.60 bits per heavy atom. The van der Waals surface area contributed by atoms with E-state index in [0.717, 1.165) is 48.5 Å². The van der Waals surface area contributed by atoms with Gasteiger partial charge in [0.05, 0.1) is 44.2 Å². The molecule has 1 fully saturated rings. The van der Waals surface area contributed by atoms with Gasteiger partial charge in [0, 0.05) is 30.3 Å². The number of hydrogen-bond donors (Lipinski definition) is 3. The van der Waals surface area contributed by atoms with E-state index in [-0.39, 0.29) is 6.61 Å². The Kier molecular flexibility index (Phi) is 7.37. The third-order valence-corrected chi connectivity index (χ3v) is 5.33. The molecule has 0 atom stereocenters. The largest absolute Gasteiger partial charge is 0.394 e. The third kappa shape index (κ3) is 5.40. The Bertz CT molecular complexity index is 920. The van der Waals surface area contributed by atoms with Gasteiger partial charge in [-0.25, -0.2) is 0 Å². The highest BCUT2D eigenvalue weighted by atomic mass is 16.5. The number of aromatic amines is 1. The fourth-order valence-corrected chi connectivity index (χ4v) is 3.81. The number of hydrogen-bond acceptors (Lipinski definition) is 5. The Morgan fingerprint density at radius 1 is 1.00 bits per heavy atom. The fourth-order valence-electron chi connectivity index (χ4n) is 3.81. The van der Waals surface area contributed by atoms with Gasteiger partial charge in [0.25, 0.3) is 0 Å². The minimum absolute atomic E-state index is 0.0368. The normalized spacial score (nSPS) is 15.0. The van der Waals surface area contributed by atoms with Gasteiger partial charge in [-0.15, -0.1) is 0 Å². The van der Waals surface area contributed by atoms with Crippen LogP contribution in [-0.2, 0) is 20.8 Å². The molecule has 1 saturated heterocycles. The lowest BCUT2D eigenvalue weighted by atomic mass is 10.1. The van der Waals surface area contributed by atoms with E-state index >= 15 is 0 Å². The van der Waals surface area contributed by atoms with Crippen LogP contribution in [0.2, 0.25) is 0 Å². The number of fused-ring (bicyclic) bond motifs is 1. The summed E-state index contributed by atoms with van der Waals surface area (Å²) in [6.07, 6.45) is 2.02. The molecule has 3 aromatic rings. The molecule has 1 aliphatic rings. The lowest BCUT2D eigenvalue weighted by molar-refractivity contribution is 0.0274. The van der Waals surface area contributed by atoms with Crippen molar-refractivity contribution >= 4 is 16.6 Å². The first-order valence-electron chi connectivity index (χ1n) is 10.6. The van der Waals surface area contributed by atoms with Crippen molar-refractivity contribution in [1.29, 1.82) is 0 Å². The molecule has 0 radical (unpaired) electrons. The second kappa shape index (κ2) is 10.6. The van der Waals surface area contributed by atoms with Gasteiger partial charge in [-0.05, 0) is 42.2 Å². The molecule has 0 aliphatic carbocycles. The molecule has 4 rings (SSSR count). The number of rotatable bonds is 10. The molecule has 0 saturated carbocycles. The molecular formula is C24H30N2O4. The van der Waals surface area contributed by atoms with E-state index in [1.807, 2.05) is 6.07 Å². The molecule has 6 nitrogen and oxygen atoms in total. The van der Waals surface area contributed by atoms with Crippen LogP contribution in [0.5, 0.6) is 0 Å². The van der Waals surface area contributed by atoms with Crippen molar-refractivity contribution < 1.29 is 19.3 Å². The van der Waals surface area contributed by atoms with E-state index in [9.17, 15) is 0 Å². The van der Waals surface area contributed by atoms with Crippen molar-refractivity contribution in [2.24, 2.45) is 0 Å². The van der Waals surface area contributed by atoms with Crippen LogP contribution >= 0.6 is 0 Å². The van der Waals surface area contributed by atoms with Crippen molar-refractivity contribution in [3.05, 3.63) is 54.1 Å². The van der Waals surface area contributed by atoms with Gasteiger partial charge in [0.15, 0.2) is 0 Å². The van der Waals surface area contributed by atoms with E-state index < -0.39 is 0 Å². The highest BCUT2D eigenvalue weighted by molar-refractivity contribution is 5.95. The summed E-state index contributed by atoms with van der Waals surface area (Å²) in [6, 6.07) is 17.4. The number of benzene rings is 2. The van der Waals surface area contributed by atoms with Gasteiger partial charge >= 0.3 is 0 Å². The predicted molar refractivity (Wildman–Crippen MR) is 119 cm³/mol. The van der Waals surface area contributed by atoms with E-state index in [1.165, 1.54) is 10.9 Å². The molecule has 3 N–H and O–H groups in total. The van der Waals surface area contributed by atoms with Gasteiger partial charge in [-0.1, -0.05) is 30.3 Å². The average molecular weight is 411 g/mol. The number of anilines is 1. The zero-order valence-electron chi connectivity index (χ0n) is 17.2. The molecule has 6 heteroatoms. The molecule has 1 aliphatic heterocycles. The summed E-state index contributed by atoms with van der Waals surface area (Å²) < 4.78 is 16.6. The molecule has 0 bridgehead atoms. The Morgan fingerprint density at radius 2 is 1.80 bits per heavy atom. The second-order valence-electron chi connectivity index (χ2n) is 7.58. The van der Waals surface area contributed by atoms with Gasteiger partial charge in [-0.3, -0.25) is 0 Å². The monoisotopic (exact) mass is 410 g/mol. The molecule has 0 amide bonds. The maximum atomic E-state index is 8.77. The zero-order chi connectivity index (χ0) is 20.6. The number of aliphatic hydroxyl groups is 1. The van der Waals surface area contributed by atoms with E-state index in [0.29, 0.717) is 32.5 Å². The van der Waals surface area contributed by atoms with Gasteiger partial charge < -0.3 is 29.6 Å². The number of H-pyrrole nitrogens is 1. The first-order valence-corrected chi connectivity index (χ1v) is 10.6. The Hall–Kier alpha value is -2.38. The summed E-state index contributed by atoms with van der Waals surface area (Å²) in [7, 11) is 0. The first-order chi connectivity index (χ1) is 14.8. The number of aliphatic hydroxyl groups excluding tert-OH is 1. The molecule has 2 aromatic carbocycles. The van der Waals surface area contributed by atoms with Gasteiger partial charge in [0.1, 0.15) is 0 Å². The molecule has 30 heavy (non-hydrogen) atoms. The Balaban J connectivity index is 1.55. The van der Waals surface area contributed by atoms with Crippen LogP contribution in [-0.4, -0.2) is 55.8 Å². The maximum absolute atomic E-state index is 8.77. The van der Waals surface area contributed by atoms with Gasteiger partial charge in [-0.2, -0.15) is 0 Å². The third-order valence-electron chi connectivity index (χ3n) is 5.33. The molecule has 0 spiro atoms. The van der Waals surface area contributed by atoms with Crippen molar-refractivity contribution in [1.82, 2.24) is 4.98 Å². The summed E-state index contributed by atoms with van der Waals surface area (Å²) in [5.41, 5.74) is 5.63. The van der Waals surface area contributed by atoms with Crippen LogP contribution in [0.1, 0.15) is 18.4 Å². The van der Waals surface area contributed by atoms with Crippen molar-refractivity contribution in [2.75, 3.05) is 45.0 Å². The van der Waals surface area contributed by atoms with Gasteiger partial charge in [0.2, 0.25) is 0 Å². The first kappa shape index (κ1) is 20.9. The summed E-state index contributed by atoms with van der Waals surface area (Å²) >= 11 is 0. The average Bonchev–Trinajstić information content (AvgIpc) is 3.22. The summed E-state index contributed by atoms with van der Waals surface area (Å²) in [5.74, 6) is 0. The minimum Gasteiger partial charge on any atom is -0.394 e. The fraction of sp³-hybridized carbons (Fsp3) is 0.417. The van der Waals surface area contributed by atoms with Crippen LogP contribution in [0.4, 0.5) is 5.69 Å². The summed E-state index contributed by atoms with van der Waals surface area (Å²) in [5, 5.41) is 13.7. The number of ether oxygens (including phenoxy) is 3. The van der Waals surface area contributed by atoms with Crippen LogP contribution in [0.25, 0.3) is 22.2 Å². The SMILES string of the molecule is OCCOCCOCc1cc(NC2CCOCC2)c2[nH]c(-c3ccccc3)cc2c1. The standard InChI is InChI=1S/C24H30N2O4/c27-8-11-29-12-13-30-17-18-14-20-16-22(19-4-2-1-3-5-19)26-24(20)23(15-18)25-21-6-9-28-10-7-21/h1-5,14-16,21,25-27H,6-13,17H2. The van der Waals surface area contributed by atoms with Crippen LogP contribution in [0.15, 0.2) is 48.5 Å². The van der Waals surface area contributed by atoms with Crippen LogP contribution in [0, 0.1) is 0 Å². The smallest absolute Gasteiger partial charge is 0.0719 e. The molecule has 160 valence electrons. The van der Waals surface area contributed by atoms with Crippen LogP contribution in [0.3, 0.4) is 0 Å². The highest BCUT2D eigenvalue weighted by Crippen LogP contribution is 2.31. The predicted octanol–water partition coefficient (Wildman–Crippen LogP) is 3.95. The maximum Gasteiger partial charge on any atom is 0.0719 e. The quantitative estimate of drug-likeness (QED) is 0.441. The second-order valence-corrected chi connectivity index (χ2v) is 7.58. The van der Waals surface area contributed by atoms with Crippen molar-refractivity contribution in [3.8, 4) is 11.3 Å². The number of nitrogens with one attached hydrogen (secondary N) is 2. The topological polar surface area (TPSA) is 75.7 Å². The van der Waals surface area contributed by atoms with Crippen molar-refractivity contribution in [3.63, 3.8) is 0 Å². The molecule has 2 heterocycles. The van der Waals surface area contributed by atoms with E-state index in [4.69, 9.17) is 19.3 Å². The van der Waals surface area contributed by atoms with Crippen molar-refractivity contribution in [2.45, 2.75) is 25.5 Å². The van der Waals surface area contributed by atoms with E-state index in [2.05, 4.69) is 52.8 Å². The molecular weight excluding hydrogens is 380 g/mol. The summed E-state index contributed by atoms with van der Waals surface area (Å²) in [6.45, 7) is 3.50. The lowest BCUT2D eigenvalue weighted by Crippen LogP contribution is -2.28. The highest BCUT2D eigenvalue weighted by Gasteiger charge is 2.16. The van der Waals surface area contributed by atoms with E-state index in [1.54, 1.807) is 0 Å². The van der Waals surface area contributed by atoms with Crippen LogP contribution < -0.4 is 5.32 Å². The zero-order valence-corrected chi connectivity index (χ0v) is 17.2. The molecule has 0 unspecified atom stereocenters. The molecule has 1 aromatic heterocycles.